The van der Waals surface area contributed by atoms with Crippen LogP contribution in [0.4, 0.5) is 13.2 Å². The molecule has 1 unspecified atom stereocenters. The lowest BCUT2D eigenvalue weighted by Gasteiger charge is -2.19. The standard InChI is InChI=1S/C11H10F3NO3S/c12-11(13,14)9(16)15-10(5-6-10)7-1-3-8(4-2-7)19(17)18/h1-4H,5-6H2,(H,15,16)(H,17,18)/p-1. The summed E-state index contributed by atoms with van der Waals surface area (Å²) in [5.41, 5.74) is -0.547. The number of carbonyl (C=O) groups excluding carboxylic acids is 1. The van der Waals surface area contributed by atoms with Crippen molar-refractivity contribution >= 4 is 17.0 Å². The topological polar surface area (TPSA) is 69.2 Å². The van der Waals surface area contributed by atoms with Crippen molar-refractivity contribution < 1.29 is 26.7 Å². The van der Waals surface area contributed by atoms with Crippen molar-refractivity contribution in [3.05, 3.63) is 29.8 Å². The third-order valence-electron chi connectivity index (χ3n) is 2.96. The second-order valence-corrected chi connectivity index (χ2v) is 5.23. The fourth-order valence-electron chi connectivity index (χ4n) is 1.78. The maximum Gasteiger partial charge on any atom is 0.471 e. The highest BCUT2D eigenvalue weighted by atomic mass is 32.2. The van der Waals surface area contributed by atoms with E-state index in [0.29, 0.717) is 18.4 Å². The molecule has 1 aromatic carbocycles. The highest BCUT2D eigenvalue weighted by Gasteiger charge is 2.50. The van der Waals surface area contributed by atoms with Crippen molar-refractivity contribution in [2.45, 2.75) is 29.5 Å². The van der Waals surface area contributed by atoms with Gasteiger partial charge in [0.15, 0.2) is 0 Å². The summed E-state index contributed by atoms with van der Waals surface area (Å²) >= 11 is -2.39. The summed E-state index contributed by atoms with van der Waals surface area (Å²) in [6, 6.07) is 5.40. The summed E-state index contributed by atoms with van der Waals surface area (Å²) in [6.45, 7) is 0. The maximum absolute atomic E-state index is 12.2. The normalized spacial score (nSPS) is 18.7. The Kier molecular flexibility index (Phi) is 3.40. The van der Waals surface area contributed by atoms with Gasteiger partial charge in [0.2, 0.25) is 0 Å². The highest BCUT2D eigenvalue weighted by Crippen LogP contribution is 2.46. The minimum atomic E-state index is -4.92. The molecule has 1 fully saturated rings. The van der Waals surface area contributed by atoms with Gasteiger partial charge >= 0.3 is 12.1 Å². The van der Waals surface area contributed by atoms with Crippen molar-refractivity contribution in [2.24, 2.45) is 0 Å². The molecule has 1 amide bonds. The molecule has 1 N–H and O–H groups in total. The molecule has 19 heavy (non-hydrogen) atoms. The molecule has 1 aromatic rings. The van der Waals surface area contributed by atoms with Crippen LogP contribution >= 0.6 is 0 Å². The van der Waals surface area contributed by atoms with Gasteiger partial charge in [0.05, 0.1) is 5.54 Å². The number of nitrogens with one attached hydrogen (secondary N) is 1. The zero-order valence-corrected chi connectivity index (χ0v) is 10.3. The Morgan fingerprint density at radius 1 is 1.26 bits per heavy atom. The molecule has 1 atom stereocenters. The van der Waals surface area contributed by atoms with Gasteiger partial charge in [-0.25, -0.2) is 0 Å². The predicted molar refractivity (Wildman–Crippen MR) is 58.7 cm³/mol. The predicted octanol–water partition coefficient (Wildman–Crippen LogP) is 1.59. The Morgan fingerprint density at radius 2 is 1.79 bits per heavy atom. The summed E-state index contributed by atoms with van der Waals surface area (Å²) in [7, 11) is 0. The molecule has 0 radical (unpaired) electrons. The summed E-state index contributed by atoms with van der Waals surface area (Å²) in [6.07, 6.45) is -4.13. The minimum Gasteiger partial charge on any atom is -0.768 e. The molecule has 104 valence electrons. The molecular formula is C11H9F3NO3S-. The Balaban J connectivity index is 2.17. The number of carbonyl (C=O) groups is 1. The smallest absolute Gasteiger partial charge is 0.471 e. The molecule has 0 bridgehead atoms. The van der Waals surface area contributed by atoms with Crippen LogP contribution < -0.4 is 5.32 Å². The average Bonchev–Trinajstić information content (AvgIpc) is 3.09. The first-order chi connectivity index (χ1) is 8.74. The van der Waals surface area contributed by atoms with Crippen molar-refractivity contribution in [1.82, 2.24) is 5.32 Å². The first-order valence-corrected chi connectivity index (χ1v) is 6.41. The van der Waals surface area contributed by atoms with E-state index in [1.165, 1.54) is 24.3 Å². The van der Waals surface area contributed by atoms with E-state index in [1.54, 1.807) is 0 Å². The van der Waals surface area contributed by atoms with E-state index in [2.05, 4.69) is 0 Å². The average molecular weight is 292 g/mol. The van der Waals surface area contributed by atoms with Crippen LogP contribution in [0.15, 0.2) is 29.2 Å². The maximum atomic E-state index is 12.2. The second-order valence-electron chi connectivity index (χ2n) is 4.29. The zero-order chi connectivity index (χ0) is 14.3. The van der Waals surface area contributed by atoms with E-state index in [9.17, 15) is 26.7 Å². The lowest BCUT2D eigenvalue weighted by atomic mass is 10.1. The van der Waals surface area contributed by atoms with E-state index in [4.69, 9.17) is 0 Å². The van der Waals surface area contributed by atoms with Gasteiger partial charge in [0, 0.05) is 4.90 Å². The third-order valence-corrected chi connectivity index (χ3v) is 3.62. The molecule has 0 aliphatic heterocycles. The fraction of sp³-hybridized carbons (Fsp3) is 0.364. The SMILES string of the molecule is O=C(NC1(c2ccc(S(=O)[O-])cc2)CC1)C(F)(F)F. The Labute approximate surface area is 109 Å². The van der Waals surface area contributed by atoms with Crippen LogP contribution in [0.5, 0.6) is 0 Å². The van der Waals surface area contributed by atoms with Gasteiger partial charge in [-0.2, -0.15) is 13.2 Å². The Hall–Kier alpha value is -1.41. The summed E-state index contributed by atoms with van der Waals surface area (Å²) in [5.74, 6) is -1.98. The van der Waals surface area contributed by atoms with E-state index in [1.807, 2.05) is 5.32 Å². The molecule has 0 spiro atoms. The lowest BCUT2D eigenvalue weighted by Crippen LogP contribution is -2.43. The molecule has 4 nitrogen and oxygen atoms in total. The zero-order valence-electron chi connectivity index (χ0n) is 9.49. The number of amides is 1. The number of hydrogen-bond acceptors (Lipinski definition) is 3. The van der Waals surface area contributed by atoms with Gasteiger partial charge in [-0.3, -0.25) is 9.00 Å². The molecule has 1 aliphatic rings. The molecule has 0 saturated heterocycles. The quantitative estimate of drug-likeness (QED) is 0.860. The van der Waals surface area contributed by atoms with Crippen LogP contribution in [0, 0.1) is 0 Å². The van der Waals surface area contributed by atoms with Crippen molar-refractivity contribution in [1.29, 1.82) is 0 Å². The van der Waals surface area contributed by atoms with E-state index in [0.717, 1.165) is 0 Å². The monoisotopic (exact) mass is 292 g/mol. The molecule has 1 saturated carbocycles. The second kappa shape index (κ2) is 4.61. The van der Waals surface area contributed by atoms with Gasteiger partial charge in [-0.05, 0) is 41.6 Å². The minimum absolute atomic E-state index is 0.0432. The Morgan fingerprint density at radius 3 is 2.16 bits per heavy atom. The number of benzene rings is 1. The molecule has 1 aliphatic carbocycles. The van der Waals surface area contributed by atoms with Crippen LogP contribution in [-0.2, 0) is 21.4 Å². The summed E-state index contributed by atoms with van der Waals surface area (Å²) < 4.78 is 57.9. The van der Waals surface area contributed by atoms with Crippen LogP contribution in [0.25, 0.3) is 0 Å². The number of rotatable bonds is 3. The summed E-state index contributed by atoms with van der Waals surface area (Å²) in [4.78, 5) is 11.0. The van der Waals surface area contributed by atoms with E-state index < -0.39 is 28.7 Å². The fourth-order valence-corrected chi connectivity index (χ4v) is 2.14. The summed E-state index contributed by atoms with van der Waals surface area (Å²) in [5, 5.41) is 1.95. The molecule has 2 rings (SSSR count). The van der Waals surface area contributed by atoms with Crippen LogP contribution in [0.1, 0.15) is 18.4 Å². The number of halogens is 3. The highest BCUT2D eigenvalue weighted by molar-refractivity contribution is 7.79. The van der Waals surface area contributed by atoms with Gasteiger partial charge in [0.1, 0.15) is 0 Å². The van der Waals surface area contributed by atoms with Crippen LogP contribution in [0.2, 0.25) is 0 Å². The number of alkyl halides is 3. The first kappa shape index (κ1) is 14.0. The molecular weight excluding hydrogens is 283 g/mol. The van der Waals surface area contributed by atoms with Crippen molar-refractivity contribution in [2.75, 3.05) is 0 Å². The van der Waals surface area contributed by atoms with E-state index in [-0.39, 0.29) is 4.90 Å². The van der Waals surface area contributed by atoms with Crippen LogP contribution in [-0.4, -0.2) is 20.8 Å². The largest absolute Gasteiger partial charge is 0.768 e. The van der Waals surface area contributed by atoms with Gasteiger partial charge in [0.25, 0.3) is 0 Å². The molecule has 0 heterocycles. The van der Waals surface area contributed by atoms with Gasteiger partial charge in [-0.15, -0.1) is 0 Å². The first-order valence-electron chi connectivity index (χ1n) is 5.34. The van der Waals surface area contributed by atoms with Crippen molar-refractivity contribution in [3.8, 4) is 0 Å². The van der Waals surface area contributed by atoms with E-state index >= 15 is 0 Å². The third kappa shape index (κ3) is 2.95. The van der Waals surface area contributed by atoms with Gasteiger partial charge in [-0.1, -0.05) is 12.1 Å². The van der Waals surface area contributed by atoms with Crippen LogP contribution in [0.3, 0.4) is 0 Å². The molecule has 8 heteroatoms. The number of hydrogen-bond donors (Lipinski definition) is 1. The molecule has 0 aromatic heterocycles. The lowest BCUT2D eigenvalue weighted by molar-refractivity contribution is -0.174. The van der Waals surface area contributed by atoms with Gasteiger partial charge < -0.3 is 9.87 Å². The Bertz CT molecular complexity index is 523. The van der Waals surface area contributed by atoms with Crippen molar-refractivity contribution in [3.63, 3.8) is 0 Å².